The molecule has 1 saturated heterocycles. The van der Waals surface area contributed by atoms with Gasteiger partial charge in [-0.15, -0.1) is 0 Å². The Kier molecular flexibility index (Phi) is 4.19. The molecule has 2 atom stereocenters. The van der Waals surface area contributed by atoms with Crippen LogP contribution in [0.2, 0.25) is 0 Å². The fourth-order valence-corrected chi connectivity index (χ4v) is 2.30. The number of hydrogen-bond acceptors (Lipinski definition) is 4. The number of pyridine rings is 1. The number of anilines is 1. The Morgan fingerprint density at radius 3 is 2.89 bits per heavy atom. The normalized spacial score (nSPS) is 23.1. The van der Waals surface area contributed by atoms with Gasteiger partial charge in [-0.2, -0.15) is 0 Å². The van der Waals surface area contributed by atoms with E-state index in [9.17, 15) is 0 Å². The third-order valence-electron chi connectivity index (χ3n) is 3.99. The third kappa shape index (κ3) is 2.82. The molecule has 2 unspecified atom stereocenters. The lowest BCUT2D eigenvalue weighted by Crippen LogP contribution is -2.50. The maximum absolute atomic E-state index is 4.52. The van der Waals surface area contributed by atoms with Gasteiger partial charge in [0.1, 0.15) is 5.82 Å². The molecule has 0 aromatic carbocycles. The zero-order valence-electron chi connectivity index (χ0n) is 11.8. The Labute approximate surface area is 110 Å². The maximum atomic E-state index is 4.52. The monoisotopic (exact) mass is 248 g/mol. The van der Waals surface area contributed by atoms with E-state index in [0.717, 1.165) is 25.5 Å². The summed E-state index contributed by atoms with van der Waals surface area (Å²) in [6.45, 7) is 7.67. The molecular weight excluding hydrogens is 224 g/mol. The molecule has 1 aliphatic heterocycles. The minimum atomic E-state index is 0.372. The Morgan fingerprint density at radius 1 is 1.44 bits per heavy atom. The molecule has 0 spiro atoms. The van der Waals surface area contributed by atoms with Gasteiger partial charge in [0, 0.05) is 37.9 Å². The second kappa shape index (κ2) is 5.67. The van der Waals surface area contributed by atoms with Gasteiger partial charge in [0.2, 0.25) is 0 Å². The molecule has 1 N–H and O–H groups in total. The lowest BCUT2D eigenvalue weighted by Gasteiger charge is -2.38. The highest BCUT2D eigenvalue weighted by atomic mass is 15.3. The number of piperazine rings is 1. The first kappa shape index (κ1) is 13.3. The summed E-state index contributed by atoms with van der Waals surface area (Å²) in [5, 5.41) is 3.27. The number of rotatable bonds is 3. The highest BCUT2D eigenvalue weighted by molar-refractivity contribution is 5.42. The van der Waals surface area contributed by atoms with E-state index in [0.29, 0.717) is 12.1 Å². The fourth-order valence-electron chi connectivity index (χ4n) is 2.30. The van der Waals surface area contributed by atoms with Crippen LogP contribution in [-0.2, 0) is 0 Å². The summed E-state index contributed by atoms with van der Waals surface area (Å²) in [6.07, 6.45) is 1.92. The number of aromatic nitrogens is 1. The van der Waals surface area contributed by atoms with Crippen LogP contribution < -0.4 is 10.2 Å². The van der Waals surface area contributed by atoms with E-state index >= 15 is 0 Å². The molecule has 100 valence electrons. The molecule has 4 nitrogen and oxygen atoms in total. The van der Waals surface area contributed by atoms with Gasteiger partial charge in [0.15, 0.2) is 0 Å². The van der Waals surface area contributed by atoms with Gasteiger partial charge in [0.25, 0.3) is 0 Å². The summed E-state index contributed by atoms with van der Waals surface area (Å²) in [5.41, 5.74) is 1.30. The SMILES string of the molecule is CNC(C)c1ccnc(N2CCN(C)C(C)C2)c1. The van der Waals surface area contributed by atoms with E-state index in [4.69, 9.17) is 0 Å². The average Bonchev–Trinajstić information content (AvgIpc) is 2.41. The van der Waals surface area contributed by atoms with Crippen LogP contribution in [0.5, 0.6) is 0 Å². The third-order valence-corrected chi connectivity index (χ3v) is 3.99. The van der Waals surface area contributed by atoms with Crippen molar-refractivity contribution in [3.8, 4) is 0 Å². The topological polar surface area (TPSA) is 31.4 Å². The van der Waals surface area contributed by atoms with Crippen molar-refractivity contribution in [1.82, 2.24) is 15.2 Å². The highest BCUT2D eigenvalue weighted by Crippen LogP contribution is 2.20. The molecule has 0 radical (unpaired) electrons. The summed E-state index contributed by atoms with van der Waals surface area (Å²) in [6, 6.07) is 5.26. The van der Waals surface area contributed by atoms with Crippen molar-refractivity contribution in [2.75, 3.05) is 38.6 Å². The van der Waals surface area contributed by atoms with E-state index in [1.807, 2.05) is 13.2 Å². The van der Waals surface area contributed by atoms with Gasteiger partial charge >= 0.3 is 0 Å². The molecular formula is C14H24N4. The first-order valence-electron chi connectivity index (χ1n) is 6.70. The second-order valence-corrected chi connectivity index (χ2v) is 5.23. The average molecular weight is 248 g/mol. The van der Waals surface area contributed by atoms with Crippen LogP contribution in [0.15, 0.2) is 18.3 Å². The van der Waals surface area contributed by atoms with Crippen molar-refractivity contribution in [2.45, 2.75) is 25.9 Å². The Morgan fingerprint density at radius 2 is 2.22 bits per heavy atom. The minimum Gasteiger partial charge on any atom is -0.354 e. The number of nitrogens with zero attached hydrogens (tertiary/aromatic N) is 3. The molecule has 0 amide bonds. The molecule has 2 rings (SSSR count). The Balaban J connectivity index is 2.13. The van der Waals surface area contributed by atoms with E-state index in [1.165, 1.54) is 5.56 Å². The highest BCUT2D eigenvalue weighted by Gasteiger charge is 2.21. The van der Waals surface area contributed by atoms with Gasteiger partial charge in [-0.1, -0.05) is 0 Å². The van der Waals surface area contributed by atoms with Crippen molar-refractivity contribution >= 4 is 5.82 Å². The molecule has 0 saturated carbocycles. The van der Waals surface area contributed by atoms with Crippen molar-refractivity contribution in [3.05, 3.63) is 23.9 Å². The molecule has 1 aromatic rings. The second-order valence-electron chi connectivity index (χ2n) is 5.23. The summed E-state index contributed by atoms with van der Waals surface area (Å²) in [4.78, 5) is 9.30. The van der Waals surface area contributed by atoms with Gasteiger partial charge in [-0.3, -0.25) is 0 Å². The van der Waals surface area contributed by atoms with E-state index in [1.54, 1.807) is 0 Å². The standard InChI is InChI=1S/C14H24N4/c1-11-10-18(8-7-17(11)4)14-9-13(5-6-16-14)12(2)15-3/h5-6,9,11-12,15H,7-8,10H2,1-4H3. The van der Waals surface area contributed by atoms with Crippen LogP contribution in [0.4, 0.5) is 5.82 Å². The van der Waals surface area contributed by atoms with Crippen LogP contribution in [0.25, 0.3) is 0 Å². The fraction of sp³-hybridized carbons (Fsp3) is 0.643. The predicted octanol–water partition coefficient (Wildman–Crippen LogP) is 1.50. The summed E-state index contributed by atoms with van der Waals surface area (Å²) >= 11 is 0. The molecule has 1 aromatic heterocycles. The lowest BCUT2D eigenvalue weighted by molar-refractivity contribution is 0.233. The molecule has 2 heterocycles. The van der Waals surface area contributed by atoms with E-state index < -0.39 is 0 Å². The van der Waals surface area contributed by atoms with Gasteiger partial charge in [-0.25, -0.2) is 4.98 Å². The van der Waals surface area contributed by atoms with Gasteiger partial charge in [0.05, 0.1) is 0 Å². The maximum Gasteiger partial charge on any atom is 0.128 e. The summed E-state index contributed by atoms with van der Waals surface area (Å²) < 4.78 is 0. The van der Waals surface area contributed by atoms with Crippen LogP contribution in [0, 0.1) is 0 Å². The molecule has 4 heteroatoms. The lowest BCUT2D eigenvalue weighted by atomic mass is 10.1. The van der Waals surface area contributed by atoms with Gasteiger partial charge in [-0.05, 0) is 45.6 Å². The Hall–Kier alpha value is -1.13. The van der Waals surface area contributed by atoms with Crippen molar-refractivity contribution in [2.24, 2.45) is 0 Å². The molecule has 1 fully saturated rings. The largest absolute Gasteiger partial charge is 0.354 e. The molecule has 18 heavy (non-hydrogen) atoms. The van der Waals surface area contributed by atoms with Crippen molar-refractivity contribution in [3.63, 3.8) is 0 Å². The van der Waals surface area contributed by atoms with Crippen LogP contribution >= 0.6 is 0 Å². The quantitative estimate of drug-likeness (QED) is 0.878. The van der Waals surface area contributed by atoms with E-state index in [-0.39, 0.29) is 0 Å². The number of nitrogens with one attached hydrogen (secondary N) is 1. The predicted molar refractivity (Wildman–Crippen MR) is 76.0 cm³/mol. The molecule has 1 aliphatic rings. The summed E-state index contributed by atoms with van der Waals surface area (Å²) in [5.74, 6) is 1.11. The zero-order valence-corrected chi connectivity index (χ0v) is 11.8. The molecule has 0 bridgehead atoms. The zero-order chi connectivity index (χ0) is 13.1. The smallest absolute Gasteiger partial charge is 0.128 e. The van der Waals surface area contributed by atoms with Crippen LogP contribution in [0.3, 0.4) is 0 Å². The Bertz CT molecular complexity index is 393. The van der Waals surface area contributed by atoms with Crippen LogP contribution in [0.1, 0.15) is 25.5 Å². The van der Waals surface area contributed by atoms with Crippen molar-refractivity contribution < 1.29 is 0 Å². The van der Waals surface area contributed by atoms with Gasteiger partial charge < -0.3 is 15.1 Å². The van der Waals surface area contributed by atoms with E-state index in [2.05, 4.69) is 53.1 Å². The first-order chi connectivity index (χ1) is 8.61. The molecule has 0 aliphatic carbocycles. The first-order valence-corrected chi connectivity index (χ1v) is 6.70. The van der Waals surface area contributed by atoms with Crippen molar-refractivity contribution in [1.29, 1.82) is 0 Å². The number of likely N-dealkylation sites (N-methyl/N-ethyl adjacent to an activating group) is 1. The number of hydrogen-bond donors (Lipinski definition) is 1. The minimum absolute atomic E-state index is 0.372. The summed E-state index contributed by atoms with van der Waals surface area (Å²) in [7, 11) is 4.18. The van der Waals surface area contributed by atoms with Crippen LogP contribution in [-0.4, -0.2) is 49.7 Å².